The Bertz CT molecular complexity index is 571. The van der Waals surface area contributed by atoms with Crippen LogP contribution in [0.4, 0.5) is 11.4 Å². The number of hydrogen-bond donors (Lipinski definition) is 1. The maximum Gasteiger partial charge on any atom is 0.0763 e. The third-order valence-electron chi connectivity index (χ3n) is 2.61. The van der Waals surface area contributed by atoms with Gasteiger partial charge in [-0.05, 0) is 30.7 Å². The Morgan fingerprint density at radius 1 is 1.00 bits per heavy atom. The fourth-order valence-corrected chi connectivity index (χ4v) is 2.21. The highest BCUT2D eigenvalue weighted by Crippen LogP contribution is 2.34. The first-order valence-corrected chi connectivity index (χ1v) is 6.31. The van der Waals surface area contributed by atoms with Gasteiger partial charge in [0.15, 0.2) is 0 Å². The molecule has 2 aromatic carbocycles. The van der Waals surface area contributed by atoms with Crippen molar-refractivity contribution in [1.29, 1.82) is 0 Å². The molecule has 2 rings (SSSR count). The Hall–Kier alpha value is -1.44. The molecule has 0 aromatic heterocycles. The second-order valence-corrected chi connectivity index (χ2v) is 4.86. The van der Waals surface area contributed by atoms with E-state index in [0.717, 1.165) is 22.5 Å². The van der Waals surface area contributed by atoms with Crippen LogP contribution in [0, 0.1) is 0 Å². The first kappa shape index (κ1) is 13.0. The van der Waals surface area contributed by atoms with Crippen LogP contribution in [0.15, 0.2) is 49.0 Å². The second-order valence-electron chi connectivity index (χ2n) is 4.05. The normalized spacial score (nSPS) is 10.2. The van der Waals surface area contributed by atoms with Crippen LogP contribution in [-0.2, 0) is 0 Å². The van der Waals surface area contributed by atoms with Gasteiger partial charge in [0.2, 0.25) is 0 Å². The lowest BCUT2D eigenvalue weighted by atomic mass is 10.1. The number of nitrogens with one attached hydrogen (secondary N) is 1. The first-order valence-electron chi connectivity index (χ1n) is 5.55. The van der Waals surface area contributed by atoms with Crippen molar-refractivity contribution >= 4 is 40.1 Å². The summed E-state index contributed by atoms with van der Waals surface area (Å²) in [5, 5.41) is 4.46. The molecule has 0 bridgehead atoms. The standard InChI is InChI=1S/C15H13Cl2N/c1-10(2)11-6-3-4-9-14(11)18-15-12(16)7-5-8-13(15)17/h3-9,18H,1H2,2H3. The van der Waals surface area contributed by atoms with Crippen molar-refractivity contribution in [2.45, 2.75) is 6.92 Å². The third kappa shape index (κ3) is 2.69. The Balaban J connectivity index is 2.43. The van der Waals surface area contributed by atoms with Gasteiger partial charge in [-0.25, -0.2) is 0 Å². The van der Waals surface area contributed by atoms with Crippen LogP contribution in [0.25, 0.3) is 5.57 Å². The van der Waals surface area contributed by atoms with Crippen LogP contribution in [0.5, 0.6) is 0 Å². The molecule has 2 aromatic rings. The van der Waals surface area contributed by atoms with E-state index in [-0.39, 0.29) is 0 Å². The van der Waals surface area contributed by atoms with Gasteiger partial charge in [-0.3, -0.25) is 0 Å². The van der Waals surface area contributed by atoms with Crippen molar-refractivity contribution in [3.8, 4) is 0 Å². The fourth-order valence-electron chi connectivity index (χ4n) is 1.72. The molecule has 0 saturated carbocycles. The average molecular weight is 278 g/mol. The molecule has 0 radical (unpaired) electrons. The highest BCUT2D eigenvalue weighted by molar-refractivity contribution is 6.39. The van der Waals surface area contributed by atoms with E-state index in [1.54, 1.807) is 12.1 Å². The number of anilines is 2. The molecule has 0 heterocycles. The van der Waals surface area contributed by atoms with Crippen LogP contribution in [-0.4, -0.2) is 0 Å². The summed E-state index contributed by atoms with van der Waals surface area (Å²) in [4.78, 5) is 0. The lowest BCUT2D eigenvalue weighted by Crippen LogP contribution is -1.95. The van der Waals surface area contributed by atoms with Crippen LogP contribution in [0.3, 0.4) is 0 Å². The summed E-state index contributed by atoms with van der Waals surface area (Å²) in [6, 6.07) is 13.3. The van der Waals surface area contributed by atoms with E-state index in [1.807, 2.05) is 37.3 Å². The summed E-state index contributed by atoms with van der Waals surface area (Å²) in [5.74, 6) is 0. The summed E-state index contributed by atoms with van der Waals surface area (Å²) in [7, 11) is 0. The Kier molecular flexibility index (Phi) is 3.95. The van der Waals surface area contributed by atoms with E-state index >= 15 is 0 Å². The van der Waals surface area contributed by atoms with Gasteiger partial charge >= 0.3 is 0 Å². The minimum Gasteiger partial charge on any atom is -0.353 e. The first-order chi connectivity index (χ1) is 8.59. The molecule has 18 heavy (non-hydrogen) atoms. The summed E-state index contributed by atoms with van der Waals surface area (Å²) < 4.78 is 0. The van der Waals surface area contributed by atoms with E-state index in [9.17, 15) is 0 Å². The van der Waals surface area contributed by atoms with E-state index in [1.165, 1.54) is 0 Å². The minimum atomic E-state index is 0.596. The molecular weight excluding hydrogens is 265 g/mol. The van der Waals surface area contributed by atoms with Crippen molar-refractivity contribution < 1.29 is 0 Å². The largest absolute Gasteiger partial charge is 0.353 e. The van der Waals surface area contributed by atoms with Gasteiger partial charge in [-0.15, -0.1) is 0 Å². The van der Waals surface area contributed by atoms with Gasteiger partial charge in [0.1, 0.15) is 0 Å². The predicted molar refractivity (Wildman–Crippen MR) is 80.9 cm³/mol. The van der Waals surface area contributed by atoms with E-state index in [0.29, 0.717) is 10.0 Å². The lowest BCUT2D eigenvalue weighted by molar-refractivity contribution is 1.50. The van der Waals surface area contributed by atoms with E-state index < -0.39 is 0 Å². The van der Waals surface area contributed by atoms with Gasteiger partial charge in [-0.1, -0.05) is 54.0 Å². The van der Waals surface area contributed by atoms with E-state index in [2.05, 4.69) is 11.9 Å². The zero-order valence-electron chi connectivity index (χ0n) is 10.0. The van der Waals surface area contributed by atoms with Crippen molar-refractivity contribution in [2.75, 3.05) is 5.32 Å². The Morgan fingerprint density at radius 3 is 2.22 bits per heavy atom. The van der Waals surface area contributed by atoms with Crippen molar-refractivity contribution in [1.82, 2.24) is 0 Å². The van der Waals surface area contributed by atoms with Crippen LogP contribution < -0.4 is 5.32 Å². The average Bonchev–Trinajstić information content (AvgIpc) is 2.34. The number of rotatable bonds is 3. The number of allylic oxidation sites excluding steroid dienone is 1. The molecule has 0 aliphatic heterocycles. The maximum atomic E-state index is 6.14. The van der Waals surface area contributed by atoms with Crippen molar-refractivity contribution in [3.05, 3.63) is 64.7 Å². The number of hydrogen-bond acceptors (Lipinski definition) is 1. The highest BCUT2D eigenvalue weighted by Gasteiger charge is 2.08. The second kappa shape index (κ2) is 5.47. The Morgan fingerprint density at radius 2 is 1.61 bits per heavy atom. The van der Waals surface area contributed by atoms with E-state index in [4.69, 9.17) is 23.2 Å². The summed E-state index contributed by atoms with van der Waals surface area (Å²) >= 11 is 12.3. The van der Waals surface area contributed by atoms with Gasteiger partial charge in [0.05, 0.1) is 15.7 Å². The SMILES string of the molecule is C=C(C)c1ccccc1Nc1c(Cl)cccc1Cl. The molecule has 0 atom stereocenters. The zero-order chi connectivity index (χ0) is 13.1. The molecule has 0 saturated heterocycles. The zero-order valence-corrected chi connectivity index (χ0v) is 11.5. The molecule has 3 heteroatoms. The molecule has 0 amide bonds. The van der Waals surface area contributed by atoms with Gasteiger partial charge in [0, 0.05) is 11.3 Å². The van der Waals surface area contributed by atoms with Gasteiger partial charge in [0.25, 0.3) is 0 Å². The van der Waals surface area contributed by atoms with Gasteiger partial charge in [-0.2, -0.15) is 0 Å². The molecule has 92 valence electrons. The monoisotopic (exact) mass is 277 g/mol. The summed E-state index contributed by atoms with van der Waals surface area (Å²) in [5.41, 5.74) is 3.70. The van der Waals surface area contributed by atoms with Crippen molar-refractivity contribution in [2.24, 2.45) is 0 Å². The smallest absolute Gasteiger partial charge is 0.0763 e. The lowest BCUT2D eigenvalue weighted by Gasteiger charge is -2.14. The molecular formula is C15H13Cl2N. The summed E-state index contributed by atoms with van der Waals surface area (Å²) in [6.07, 6.45) is 0. The molecule has 0 spiro atoms. The molecule has 0 aliphatic rings. The van der Waals surface area contributed by atoms with Crippen molar-refractivity contribution in [3.63, 3.8) is 0 Å². The summed E-state index contributed by atoms with van der Waals surface area (Å²) in [6.45, 7) is 5.93. The van der Waals surface area contributed by atoms with Crippen LogP contribution in [0.1, 0.15) is 12.5 Å². The molecule has 0 aliphatic carbocycles. The third-order valence-corrected chi connectivity index (χ3v) is 3.24. The maximum absolute atomic E-state index is 6.14. The molecule has 1 N–H and O–H groups in total. The minimum absolute atomic E-state index is 0.596. The molecule has 1 nitrogen and oxygen atoms in total. The Labute approximate surface area is 117 Å². The predicted octanol–water partition coefficient (Wildman–Crippen LogP) is 5.77. The molecule has 0 fully saturated rings. The molecule has 0 unspecified atom stereocenters. The quantitative estimate of drug-likeness (QED) is 0.751. The fraction of sp³-hybridized carbons (Fsp3) is 0.0667. The highest BCUT2D eigenvalue weighted by atomic mass is 35.5. The number of para-hydroxylation sites is 2. The number of benzene rings is 2. The van der Waals surface area contributed by atoms with Gasteiger partial charge < -0.3 is 5.32 Å². The van der Waals surface area contributed by atoms with Crippen LogP contribution >= 0.6 is 23.2 Å². The topological polar surface area (TPSA) is 12.0 Å². The number of halogens is 2. The van der Waals surface area contributed by atoms with Crippen LogP contribution in [0.2, 0.25) is 10.0 Å².